The van der Waals surface area contributed by atoms with Crippen molar-refractivity contribution in [1.29, 1.82) is 0 Å². The number of pyridine rings is 1. The van der Waals surface area contributed by atoms with Crippen molar-refractivity contribution < 1.29 is 4.74 Å². The van der Waals surface area contributed by atoms with E-state index < -0.39 is 0 Å². The van der Waals surface area contributed by atoms with Gasteiger partial charge in [0.2, 0.25) is 0 Å². The number of nitrogens with zero attached hydrogens (tertiary/aromatic N) is 3. The van der Waals surface area contributed by atoms with Crippen LogP contribution in [0.3, 0.4) is 0 Å². The molecule has 0 unspecified atom stereocenters. The minimum Gasteiger partial charge on any atom is -0.457 e. The molecule has 0 bridgehead atoms. The summed E-state index contributed by atoms with van der Waals surface area (Å²) >= 11 is 5.83. The first-order chi connectivity index (χ1) is 16.5. The summed E-state index contributed by atoms with van der Waals surface area (Å²) in [5.74, 6) is 1.61. The van der Waals surface area contributed by atoms with E-state index in [1.165, 1.54) is 11.1 Å². The number of nitrogens with one attached hydrogen (secondary N) is 1. The van der Waals surface area contributed by atoms with E-state index in [9.17, 15) is 0 Å². The molecule has 5 nitrogen and oxygen atoms in total. The molecule has 0 radical (unpaired) electrons. The molecule has 1 N–H and O–H groups in total. The summed E-state index contributed by atoms with van der Waals surface area (Å²) in [4.78, 5) is 6.82. The highest BCUT2D eigenvalue weighted by atomic mass is 32.1. The lowest BCUT2D eigenvalue weighted by molar-refractivity contribution is 0.482. The molecule has 0 saturated carbocycles. The van der Waals surface area contributed by atoms with Crippen molar-refractivity contribution in [3.05, 3.63) is 108 Å². The number of hydrogen-bond donors (Lipinski definition) is 1. The smallest absolute Gasteiger partial charge is 0.174 e. The van der Waals surface area contributed by atoms with E-state index in [1.807, 2.05) is 54.7 Å². The van der Waals surface area contributed by atoms with Gasteiger partial charge in [0.25, 0.3) is 0 Å². The Labute approximate surface area is 206 Å². The van der Waals surface area contributed by atoms with Gasteiger partial charge in [0.05, 0.1) is 17.8 Å². The summed E-state index contributed by atoms with van der Waals surface area (Å²) in [6.07, 6.45) is 6.17. The molecule has 6 heteroatoms. The molecule has 172 valence electrons. The lowest BCUT2D eigenvalue weighted by Gasteiger charge is -2.27. The lowest BCUT2D eigenvalue weighted by Crippen LogP contribution is -2.29. The van der Waals surface area contributed by atoms with Gasteiger partial charge >= 0.3 is 0 Å². The van der Waals surface area contributed by atoms with Gasteiger partial charge in [-0.1, -0.05) is 23.8 Å². The average Bonchev–Trinajstić information content (AvgIpc) is 3.47. The quantitative estimate of drug-likeness (QED) is 0.317. The first kappa shape index (κ1) is 22.2. The normalized spacial score (nSPS) is 17.8. The maximum atomic E-state index is 6.03. The van der Waals surface area contributed by atoms with Crippen LogP contribution in [0, 0.1) is 6.92 Å². The Morgan fingerprint density at radius 1 is 0.941 bits per heavy atom. The van der Waals surface area contributed by atoms with E-state index in [4.69, 9.17) is 17.0 Å². The van der Waals surface area contributed by atoms with Crippen LogP contribution in [0.1, 0.15) is 48.8 Å². The Bertz CT molecular complexity index is 1270. The minimum absolute atomic E-state index is 0.0220. The van der Waals surface area contributed by atoms with Gasteiger partial charge < -0.3 is 19.5 Å². The van der Waals surface area contributed by atoms with Crippen LogP contribution in [-0.4, -0.2) is 14.7 Å². The number of rotatable bonds is 6. The molecule has 0 amide bonds. The second-order valence-electron chi connectivity index (χ2n) is 8.89. The van der Waals surface area contributed by atoms with Gasteiger partial charge in [-0.15, -0.1) is 0 Å². The summed E-state index contributed by atoms with van der Waals surface area (Å²) in [6.45, 7) is 6.43. The average molecular weight is 469 g/mol. The largest absolute Gasteiger partial charge is 0.457 e. The van der Waals surface area contributed by atoms with Gasteiger partial charge in [0.1, 0.15) is 11.5 Å². The maximum Gasteiger partial charge on any atom is 0.174 e. The Kier molecular flexibility index (Phi) is 6.07. The Morgan fingerprint density at radius 3 is 2.26 bits per heavy atom. The first-order valence-electron chi connectivity index (χ1n) is 11.5. The number of anilines is 1. The monoisotopic (exact) mass is 468 g/mol. The van der Waals surface area contributed by atoms with E-state index in [1.54, 1.807) is 0 Å². The minimum atomic E-state index is -0.0554. The zero-order valence-corrected chi connectivity index (χ0v) is 20.4. The molecule has 3 heterocycles. The van der Waals surface area contributed by atoms with Crippen molar-refractivity contribution >= 4 is 23.0 Å². The van der Waals surface area contributed by atoms with Crippen molar-refractivity contribution in [3.8, 4) is 11.5 Å². The molecule has 2 aromatic carbocycles. The number of benzene rings is 2. The molecule has 1 aliphatic rings. The van der Waals surface area contributed by atoms with E-state index in [-0.39, 0.29) is 12.1 Å². The second-order valence-corrected chi connectivity index (χ2v) is 9.28. The summed E-state index contributed by atoms with van der Waals surface area (Å²) in [5.41, 5.74) is 4.37. The number of aryl methyl sites for hydroxylation is 1. The molecule has 34 heavy (non-hydrogen) atoms. The molecule has 2 atom stereocenters. The number of ether oxygens (including phenoxy) is 1. The van der Waals surface area contributed by atoms with Crippen LogP contribution in [0.2, 0.25) is 0 Å². The number of thiocarbonyl (C=S) groups is 1. The molecule has 1 aliphatic heterocycles. The molecule has 5 rings (SSSR count). The third-order valence-corrected chi connectivity index (χ3v) is 6.46. The van der Waals surface area contributed by atoms with E-state index in [0.717, 1.165) is 22.9 Å². The standard InChI is InChI=1S/C28H28N4OS/c1-19(2)31-17-15-21(18-31)27-26(25-6-4-5-16-29-25)30-28(34)32(27)22-9-13-24(14-10-22)33-23-11-7-20(3)8-12-23/h4-19,26-27H,1-3H3,(H,30,34)/t26-,27+/m1/s1. The number of hydrogen-bond acceptors (Lipinski definition) is 3. The van der Waals surface area contributed by atoms with Crippen molar-refractivity contribution in [1.82, 2.24) is 14.9 Å². The van der Waals surface area contributed by atoms with Crippen LogP contribution in [-0.2, 0) is 0 Å². The SMILES string of the molecule is Cc1ccc(Oc2ccc(N3C(=S)N[C@H](c4ccccn4)[C@@H]3c3ccn(C(C)C)c3)cc2)cc1. The Balaban J connectivity index is 1.47. The first-order valence-corrected chi connectivity index (χ1v) is 11.9. The highest BCUT2D eigenvalue weighted by molar-refractivity contribution is 7.80. The second kappa shape index (κ2) is 9.31. The lowest BCUT2D eigenvalue weighted by atomic mass is 9.98. The van der Waals surface area contributed by atoms with Gasteiger partial charge in [-0.2, -0.15) is 0 Å². The molecule has 0 aliphatic carbocycles. The Hall–Kier alpha value is -3.64. The molecule has 0 spiro atoms. The van der Waals surface area contributed by atoms with Crippen molar-refractivity contribution in [2.24, 2.45) is 0 Å². The third-order valence-electron chi connectivity index (χ3n) is 6.14. The zero-order chi connectivity index (χ0) is 23.7. The molecule has 2 aromatic heterocycles. The summed E-state index contributed by atoms with van der Waals surface area (Å²) in [6, 6.07) is 24.6. The number of aromatic nitrogens is 2. The van der Waals surface area contributed by atoms with Crippen LogP contribution < -0.4 is 15.0 Å². The topological polar surface area (TPSA) is 42.3 Å². The highest BCUT2D eigenvalue weighted by Gasteiger charge is 2.41. The van der Waals surface area contributed by atoms with E-state index in [0.29, 0.717) is 11.2 Å². The van der Waals surface area contributed by atoms with E-state index >= 15 is 0 Å². The van der Waals surface area contributed by atoms with Gasteiger partial charge in [0.15, 0.2) is 5.11 Å². The van der Waals surface area contributed by atoms with Gasteiger partial charge in [-0.25, -0.2) is 0 Å². The van der Waals surface area contributed by atoms with Gasteiger partial charge in [-0.05, 0) is 93.1 Å². The van der Waals surface area contributed by atoms with Crippen molar-refractivity contribution in [2.45, 2.75) is 38.9 Å². The zero-order valence-electron chi connectivity index (χ0n) is 19.6. The summed E-state index contributed by atoms with van der Waals surface area (Å²) < 4.78 is 8.25. The maximum absolute atomic E-state index is 6.03. The fourth-order valence-corrected chi connectivity index (χ4v) is 4.66. The fourth-order valence-electron chi connectivity index (χ4n) is 4.32. The van der Waals surface area contributed by atoms with Crippen molar-refractivity contribution in [2.75, 3.05) is 4.90 Å². The van der Waals surface area contributed by atoms with Gasteiger partial charge in [-0.3, -0.25) is 4.98 Å². The molecule has 1 fully saturated rings. The third kappa shape index (κ3) is 4.41. The van der Waals surface area contributed by atoms with Crippen LogP contribution in [0.25, 0.3) is 0 Å². The van der Waals surface area contributed by atoms with E-state index in [2.05, 4.69) is 77.2 Å². The predicted molar refractivity (Wildman–Crippen MR) is 140 cm³/mol. The molecular formula is C28H28N4OS. The van der Waals surface area contributed by atoms with Crippen LogP contribution in [0.15, 0.2) is 91.4 Å². The van der Waals surface area contributed by atoms with Crippen LogP contribution in [0.4, 0.5) is 5.69 Å². The molecule has 1 saturated heterocycles. The molecule has 4 aromatic rings. The highest BCUT2D eigenvalue weighted by Crippen LogP contribution is 2.42. The van der Waals surface area contributed by atoms with Crippen LogP contribution in [0.5, 0.6) is 11.5 Å². The Morgan fingerprint density at radius 2 is 1.65 bits per heavy atom. The van der Waals surface area contributed by atoms with Crippen molar-refractivity contribution in [3.63, 3.8) is 0 Å². The van der Waals surface area contributed by atoms with Crippen LogP contribution >= 0.6 is 12.2 Å². The summed E-state index contributed by atoms with van der Waals surface area (Å²) in [5, 5.41) is 4.21. The fraction of sp³-hybridized carbons (Fsp3) is 0.214. The van der Waals surface area contributed by atoms with Gasteiger partial charge in [0, 0.05) is 30.3 Å². The summed E-state index contributed by atoms with van der Waals surface area (Å²) in [7, 11) is 0. The predicted octanol–water partition coefficient (Wildman–Crippen LogP) is 6.74. The molecular weight excluding hydrogens is 440 g/mol.